The largest absolute Gasteiger partial charge is 0.480 e. The maximum atomic E-state index is 14.4. The third-order valence-electron chi connectivity index (χ3n) is 21.6. The fourth-order valence-corrected chi connectivity index (χ4v) is 13.5. The Morgan fingerprint density at radius 2 is 0.562 bits per heavy atom. The van der Waals surface area contributed by atoms with Crippen molar-refractivity contribution < 1.29 is 96.2 Å². The summed E-state index contributed by atoms with van der Waals surface area (Å²) in [5.74, 6) is -13.6. The molecule has 3 rings (SSSR count). The number of unbranched alkanes of at least 4 members (excludes halogenated alkanes) is 8. The Balaban J connectivity index is 1.48. The molecule has 38 nitrogen and oxygen atoms in total. The van der Waals surface area contributed by atoms with Gasteiger partial charge in [0.05, 0.1) is 0 Å². The highest BCUT2D eigenvalue weighted by molar-refractivity contribution is 6.04. The SMILES string of the molecule is CCCCCCCCCCCC(=O)NC(C)(C)C(=O)N1CCCC1C(=O)NC(C)(C)C(=O)NC(C)(C)C(=O)N1CCCC1C(=O)NC(C)(C)C(=O)NC(C)(C)C(=O)N1CCCC1C(=O)NC(C)C(=O)NC(C)(C)C(=O)NCCC(=O)NC(C)C(=O)NC(C)(C)C(=O)NC(C)(C)C(=O)NCCC(=O)NC(C)(C)C(=O)NC(C)(C)C(=O)NC(C)(C)C(=O)O. The Labute approximate surface area is 712 Å². The van der Waals surface area contributed by atoms with E-state index in [0.29, 0.717) is 32.1 Å². The highest BCUT2D eigenvalue weighted by atomic mass is 16.4. The standard InChI is InChI=1S/C83H142N18O20/c1-26-27-28-29-30-31-32-33-34-41-55(103)89-80(18,19)69(117)100-47-36-39-52(100)60(108)92-78(14,15)67(115)97-82(22,23)71(119)101-48-37-40-53(101)61(109)93-77(12,13)66(114)96-81(20,21)70(118)99-46-35-38-51(99)59(107)87-50(3)58(106)90-73(4,5)62(110)84-44-42-54(102)86-49(2)57(105)91-76(10,11)65(113)94-74(6,7)63(111)85-45-43-56(104)88-75(8,9)64(112)95-79(16,17)68(116)98-83(24,25)72(120)121/h49-53H,26-48H2,1-25H3,(H,84,110)(H,85,111)(H,86,102)(H,87,107)(H,88,104)(H,89,103)(H,90,106)(H,91,105)(H,92,108)(H,93,109)(H,94,113)(H,95,112)(H,96,114)(H,97,115)(H,98,116)(H,120,121). The zero-order chi connectivity index (χ0) is 93.0. The molecule has 0 bridgehead atoms. The number of carbonyl (C=O) groups is 19. The lowest BCUT2D eigenvalue weighted by molar-refractivity contribution is -0.148. The molecule has 38 heteroatoms. The predicted molar refractivity (Wildman–Crippen MR) is 449 cm³/mol. The van der Waals surface area contributed by atoms with Crippen LogP contribution < -0.4 is 79.8 Å². The van der Waals surface area contributed by atoms with Gasteiger partial charge in [0, 0.05) is 52.0 Å². The first-order chi connectivity index (χ1) is 55.3. The van der Waals surface area contributed by atoms with Crippen molar-refractivity contribution in [1.29, 1.82) is 0 Å². The van der Waals surface area contributed by atoms with Crippen molar-refractivity contribution in [3.63, 3.8) is 0 Å². The normalized spacial score (nSPS) is 16.8. The third kappa shape index (κ3) is 30.8. The molecule has 0 radical (unpaired) electrons. The minimum Gasteiger partial charge on any atom is -0.480 e. The Bertz CT molecular complexity index is 3860. The molecule has 0 aromatic rings. The van der Waals surface area contributed by atoms with E-state index in [2.05, 4.69) is 86.7 Å². The summed E-state index contributed by atoms with van der Waals surface area (Å²) in [5.41, 5.74) is -17.7. The van der Waals surface area contributed by atoms with Gasteiger partial charge in [0.15, 0.2) is 0 Å². The Morgan fingerprint density at radius 3 is 0.934 bits per heavy atom. The van der Waals surface area contributed by atoms with Crippen LogP contribution in [-0.2, 0) is 91.1 Å². The van der Waals surface area contributed by atoms with E-state index in [1.165, 1.54) is 199 Å². The molecule has 121 heavy (non-hydrogen) atoms. The van der Waals surface area contributed by atoms with E-state index in [0.717, 1.165) is 19.3 Å². The van der Waals surface area contributed by atoms with Crippen LogP contribution in [-0.4, -0.2) is 256 Å². The van der Waals surface area contributed by atoms with Crippen molar-refractivity contribution >= 4 is 112 Å². The second kappa shape index (κ2) is 42.6. The minimum absolute atomic E-state index is 0.0973. The van der Waals surface area contributed by atoms with Gasteiger partial charge >= 0.3 is 5.97 Å². The van der Waals surface area contributed by atoms with Crippen LogP contribution in [0.1, 0.15) is 289 Å². The first-order valence-corrected chi connectivity index (χ1v) is 42.1. The summed E-state index contributed by atoms with van der Waals surface area (Å²) in [4.78, 5) is 261. The van der Waals surface area contributed by atoms with Crippen molar-refractivity contribution in [3.05, 3.63) is 0 Å². The predicted octanol–water partition coefficient (Wildman–Crippen LogP) is 0.830. The highest BCUT2D eigenvalue weighted by Crippen LogP contribution is 2.28. The van der Waals surface area contributed by atoms with Crippen LogP contribution >= 0.6 is 0 Å². The van der Waals surface area contributed by atoms with Gasteiger partial charge in [-0.05, 0) is 211 Å². The molecule has 0 aliphatic carbocycles. The minimum atomic E-state index is -1.70. The number of carbonyl (C=O) groups excluding carboxylic acids is 18. The molecule has 18 amide bonds. The number of carboxylic acid groups (broad SMARTS) is 1. The summed E-state index contributed by atoms with van der Waals surface area (Å²) in [5, 5.41) is 48.3. The quantitative estimate of drug-likeness (QED) is 0.0375. The number of likely N-dealkylation sites (tertiary alicyclic amines) is 3. The molecule has 0 saturated carbocycles. The van der Waals surface area contributed by atoms with Crippen LogP contribution in [0.25, 0.3) is 0 Å². The fraction of sp³-hybridized carbons (Fsp3) is 0.771. The number of hydrogen-bond donors (Lipinski definition) is 16. The molecule has 5 unspecified atom stereocenters. The molecule has 0 aromatic carbocycles. The Hall–Kier alpha value is -10.1. The van der Waals surface area contributed by atoms with Gasteiger partial charge in [0.2, 0.25) is 106 Å². The molecule has 3 aliphatic heterocycles. The second-order valence-corrected chi connectivity index (χ2v) is 38.1. The molecule has 0 aromatic heterocycles. The van der Waals surface area contributed by atoms with Crippen LogP contribution in [0.5, 0.6) is 0 Å². The molecule has 3 saturated heterocycles. The van der Waals surface area contributed by atoms with Gasteiger partial charge < -0.3 is 99.6 Å². The Kier molecular flexibility index (Phi) is 37.0. The van der Waals surface area contributed by atoms with Gasteiger partial charge in [0.1, 0.15) is 91.1 Å². The van der Waals surface area contributed by atoms with Gasteiger partial charge in [0.25, 0.3) is 0 Å². The first kappa shape index (κ1) is 105. The lowest BCUT2D eigenvalue weighted by atomic mass is 9.96. The maximum absolute atomic E-state index is 14.4. The molecule has 3 fully saturated rings. The lowest BCUT2D eigenvalue weighted by Crippen LogP contribution is -2.67. The van der Waals surface area contributed by atoms with Crippen LogP contribution in [0.15, 0.2) is 0 Å². The molecule has 3 heterocycles. The molecule has 0 spiro atoms. The van der Waals surface area contributed by atoms with Crippen molar-refractivity contribution in [1.82, 2.24) is 94.5 Å². The third-order valence-corrected chi connectivity index (χ3v) is 21.6. The molecular weight excluding hydrogens is 1570 g/mol. The number of hydrogen-bond acceptors (Lipinski definition) is 19. The number of nitrogens with zero attached hydrogens (tertiary/aromatic N) is 3. The van der Waals surface area contributed by atoms with E-state index >= 15 is 0 Å². The summed E-state index contributed by atoms with van der Waals surface area (Å²) >= 11 is 0. The zero-order valence-corrected chi connectivity index (χ0v) is 76.2. The average molecular weight is 1710 g/mol. The van der Waals surface area contributed by atoms with Gasteiger partial charge in [-0.15, -0.1) is 0 Å². The molecule has 3 aliphatic rings. The number of nitrogens with one attached hydrogen (secondary N) is 15. The smallest absolute Gasteiger partial charge is 0.328 e. The lowest BCUT2D eigenvalue weighted by Gasteiger charge is -2.38. The van der Waals surface area contributed by atoms with E-state index < -0.39 is 198 Å². The first-order valence-electron chi connectivity index (χ1n) is 42.1. The van der Waals surface area contributed by atoms with Crippen LogP contribution in [0.4, 0.5) is 0 Å². The molecule has 16 N–H and O–H groups in total. The number of amides is 18. The number of rotatable bonds is 45. The molecular formula is C83H142N18O20. The second-order valence-electron chi connectivity index (χ2n) is 38.1. The fourth-order valence-electron chi connectivity index (χ4n) is 13.5. The monoisotopic (exact) mass is 1710 g/mol. The summed E-state index contributed by atoms with van der Waals surface area (Å²) in [6, 6.07) is -5.61. The number of carboxylic acids is 1. The van der Waals surface area contributed by atoms with E-state index in [4.69, 9.17) is 0 Å². The van der Waals surface area contributed by atoms with E-state index in [-0.39, 0.29) is 70.7 Å². The van der Waals surface area contributed by atoms with Crippen molar-refractivity contribution in [2.75, 3.05) is 32.7 Å². The van der Waals surface area contributed by atoms with Crippen molar-refractivity contribution in [2.24, 2.45) is 0 Å². The van der Waals surface area contributed by atoms with E-state index in [9.17, 15) is 96.2 Å². The van der Waals surface area contributed by atoms with E-state index in [1.807, 2.05) is 0 Å². The maximum Gasteiger partial charge on any atom is 0.328 e. The Morgan fingerprint density at radius 1 is 0.298 bits per heavy atom. The van der Waals surface area contributed by atoms with Crippen LogP contribution in [0, 0.1) is 0 Å². The average Bonchev–Trinajstić information content (AvgIpc) is 1.72. The van der Waals surface area contributed by atoms with Crippen molar-refractivity contribution in [3.8, 4) is 0 Å². The van der Waals surface area contributed by atoms with Gasteiger partial charge in [-0.25, -0.2) is 4.79 Å². The van der Waals surface area contributed by atoms with Gasteiger partial charge in [-0.1, -0.05) is 58.3 Å². The summed E-state index contributed by atoms with van der Waals surface area (Å²) in [7, 11) is 0. The molecule has 684 valence electrons. The van der Waals surface area contributed by atoms with Crippen LogP contribution in [0.2, 0.25) is 0 Å². The van der Waals surface area contributed by atoms with Gasteiger partial charge in [-0.2, -0.15) is 0 Å². The highest BCUT2D eigenvalue weighted by Gasteiger charge is 2.50. The summed E-state index contributed by atoms with van der Waals surface area (Å²) < 4.78 is 0. The topological polar surface area (TPSA) is 535 Å². The van der Waals surface area contributed by atoms with Crippen molar-refractivity contribution in [2.45, 2.75) is 380 Å². The summed E-state index contributed by atoms with van der Waals surface area (Å²) in [6.45, 7) is 35.7. The molecule has 5 atom stereocenters. The van der Waals surface area contributed by atoms with E-state index in [1.54, 1.807) is 13.8 Å². The van der Waals surface area contributed by atoms with Gasteiger partial charge in [-0.3, -0.25) is 86.3 Å². The number of aliphatic carboxylic acids is 1. The van der Waals surface area contributed by atoms with Crippen LogP contribution in [0.3, 0.4) is 0 Å². The zero-order valence-electron chi connectivity index (χ0n) is 76.2. The summed E-state index contributed by atoms with van der Waals surface area (Å²) in [6.07, 6.45) is 11.4.